The molecule has 8 nitrogen and oxygen atoms in total. The summed E-state index contributed by atoms with van der Waals surface area (Å²) in [4.78, 5) is 24.9. The Kier molecular flexibility index (Phi) is 19.7. The molecule has 2 aromatic rings. The molecule has 0 fully saturated rings. The number of halogens is 17. The normalized spacial score (nSPS) is 15.1. The molecule has 0 aromatic heterocycles. The zero-order chi connectivity index (χ0) is 53.4. The summed E-state index contributed by atoms with van der Waals surface area (Å²) in [6.45, 7) is 9.51. The van der Waals surface area contributed by atoms with Crippen molar-refractivity contribution in [3.05, 3.63) is 77.9 Å². The average molecular weight is 1040 g/mol. The fourth-order valence-electron chi connectivity index (χ4n) is 6.76. The molecule has 2 aromatic carbocycles. The summed E-state index contributed by atoms with van der Waals surface area (Å²) < 4.78 is 264. The van der Waals surface area contributed by atoms with E-state index in [0.29, 0.717) is 22.6 Å². The van der Waals surface area contributed by atoms with Gasteiger partial charge < -0.3 is 23.4 Å². The molecule has 0 saturated heterocycles. The first kappa shape index (κ1) is 60.4. The van der Waals surface area contributed by atoms with Crippen LogP contribution in [0.5, 0.6) is 11.5 Å². The summed E-state index contributed by atoms with van der Waals surface area (Å²) in [5.41, 5.74) is -0.367. The number of esters is 1. The molecule has 26 heteroatoms. The predicted octanol–water partition coefficient (Wildman–Crippen LogP) is 14.2. The van der Waals surface area contributed by atoms with Gasteiger partial charge in [-0.25, -0.2) is 9.59 Å². The number of alkyl halides is 17. The van der Waals surface area contributed by atoms with Crippen LogP contribution in [0.2, 0.25) is 17.1 Å². The number of carbonyl (C=O) groups is 2. The SMILES string of the molecule is CCOC(=O)/C=C/C=C(\C)[C@H](C)[C@H](OC(=O)Nc1ccc(OC)cc1)c1ccc(OCCO[Si](CCC(F)(F)C(F)(F)C(F)(F)C(F)(F)C(F)(F)C(F)(F)C(F)(F)C(F)(F)F)(C(C)C)C(C)C)cc1. The Morgan fingerprint density at radius 3 is 1.61 bits per heavy atom. The summed E-state index contributed by atoms with van der Waals surface area (Å²) in [6.07, 6.45) is -8.04. The Hall–Kier alpha value is -4.75. The summed E-state index contributed by atoms with van der Waals surface area (Å²) >= 11 is 0. The van der Waals surface area contributed by atoms with E-state index in [-0.39, 0.29) is 12.4 Å². The fourth-order valence-corrected chi connectivity index (χ4v) is 11.2. The maximum absolute atomic E-state index is 15.0. The smallest absolute Gasteiger partial charge is 0.460 e. The van der Waals surface area contributed by atoms with Crippen molar-refractivity contribution >= 4 is 26.1 Å². The standard InChI is InChI=1S/C43H50F17NO7Si/c1-9-65-33(62)12-10-11-27(6)28(7)34(68-35(63)61-30-15-19-31(64-8)20-16-30)29-13-17-32(18-14-29)66-22-23-67-69(25(2)3,26(4)5)24-21-36(44,45)37(46,47)38(48,49)39(50,51)40(52,53)41(54,55)42(56,57)43(58,59)60/h10-20,25-26,28,34H,9,21-24H2,1-8H3,(H,61,63)/b12-10+,27-11+/t28-,34-/m0/s1. The van der Waals surface area contributed by atoms with Gasteiger partial charge in [0.05, 0.1) is 20.3 Å². The van der Waals surface area contributed by atoms with Crippen molar-refractivity contribution in [2.45, 2.75) is 126 Å². The first-order valence-corrected chi connectivity index (χ1v) is 22.8. The Morgan fingerprint density at radius 1 is 0.667 bits per heavy atom. The van der Waals surface area contributed by atoms with Gasteiger partial charge in [-0.05, 0) is 72.9 Å². The minimum atomic E-state index is -8.70. The van der Waals surface area contributed by atoms with Crippen LogP contribution in [0.25, 0.3) is 0 Å². The van der Waals surface area contributed by atoms with Gasteiger partial charge in [0.1, 0.15) is 24.2 Å². The lowest BCUT2D eigenvalue weighted by atomic mass is 9.88. The van der Waals surface area contributed by atoms with Gasteiger partial charge in [0.25, 0.3) is 0 Å². The van der Waals surface area contributed by atoms with E-state index in [2.05, 4.69) is 5.32 Å². The van der Waals surface area contributed by atoms with E-state index in [1.54, 1.807) is 51.1 Å². The van der Waals surface area contributed by atoms with Crippen LogP contribution < -0.4 is 14.8 Å². The Bertz CT molecular complexity index is 2050. The van der Waals surface area contributed by atoms with Crippen molar-refractivity contribution in [2.75, 3.05) is 32.2 Å². The van der Waals surface area contributed by atoms with Gasteiger partial charge in [0.2, 0.25) is 0 Å². The van der Waals surface area contributed by atoms with Crippen LogP contribution in [0, 0.1) is 5.92 Å². The summed E-state index contributed by atoms with van der Waals surface area (Å²) in [6, 6.07) is 10.8. The van der Waals surface area contributed by atoms with Gasteiger partial charge in [0, 0.05) is 24.1 Å². The molecule has 2 rings (SSSR count). The van der Waals surface area contributed by atoms with Crippen LogP contribution in [0.4, 0.5) is 85.1 Å². The summed E-state index contributed by atoms with van der Waals surface area (Å²) in [5.74, 6) is -57.4. The van der Waals surface area contributed by atoms with Crippen molar-refractivity contribution < 1.29 is 108 Å². The first-order valence-electron chi connectivity index (χ1n) is 20.6. The zero-order valence-electron chi connectivity index (χ0n) is 38.0. The third-order valence-corrected chi connectivity index (χ3v) is 16.8. The van der Waals surface area contributed by atoms with Gasteiger partial charge >= 0.3 is 59.7 Å². The molecule has 0 saturated carbocycles. The molecule has 0 aliphatic rings. The molecule has 0 heterocycles. The number of ether oxygens (including phenoxy) is 4. The van der Waals surface area contributed by atoms with Gasteiger partial charge in [0.15, 0.2) is 8.32 Å². The van der Waals surface area contributed by atoms with Crippen LogP contribution in [0.1, 0.15) is 66.6 Å². The molecule has 0 aliphatic heterocycles. The van der Waals surface area contributed by atoms with E-state index in [1.165, 1.54) is 71.2 Å². The zero-order valence-corrected chi connectivity index (χ0v) is 39.0. The van der Waals surface area contributed by atoms with Gasteiger partial charge in [-0.2, -0.15) is 74.6 Å². The molecule has 0 radical (unpaired) electrons. The Labute approximate surface area is 386 Å². The molecule has 0 bridgehead atoms. The average Bonchev–Trinajstić information content (AvgIpc) is 3.24. The van der Waals surface area contributed by atoms with Crippen LogP contribution in [0.15, 0.2) is 72.3 Å². The number of hydrogen-bond donors (Lipinski definition) is 1. The first-order chi connectivity index (χ1) is 31.4. The molecule has 392 valence electrons. The largest absolute Gasteiger partial charge is 0.497 e. The molecule has 2 atom stereocenters. The van der Waals surface area contributed by atoms with Crippen LogP contribution in [0.3, 0.4) is 0 Å². The Balaban J connectivity index is 2.34. The second-order valence-corrected chi connectivity index (χ2v) is 21.2. The molecule has 1 amide bonds. The highest BCUT2D eigenvalue weighted by atomic mass is 28.4. The predicted molar refractivity (Wildman–Crippen MR) is 218 cm³/mol. The topological polar surface area (TPSA) is 92.3 Å². The number of methoxy groups -OCH3 is 1. The second-order valence-electron chi connectivity index (χ2n) is 16.2. The van der Waals surface area contributed by atoms with E-state index in [9.17, 15) is 75.4 Å². The fraction of sp³-hybridized carbons (Fsp3) is 0.581. The van der Waals surface area contributed by atoms with Crippen molar-refractivity contribution in [3.63, 3.8) is 0 Å². The van der Waals surface area contributed by atoms with E-state index in [4.69, 9.17) is 23.4 Å². The highest BCUT2D eigenvalue weighted by Gasteiger charge is 2.95. The lowest BCUT2D eigenvalue weighted by Crippen LogP contribution is -2.74. The second kappa shape index (κ2) is 22.6. The van der Waals surface area contributed by atoms with Crippen molar-refractivity contribution in [1.82, 2.24) is 0 Å². The molecule has 0 aliphatic carbocycles. The van der Waals surface area contributed by atoms with Gasteiger partial charge in [-0.15, -0.1) is 0 Å². The quantitative estimate of drug-likeness (QED) is 0.0264. The number of nitrogens with one attached hydrogen (secondary N) is 1. The number of carbonyl (C=O) groups excluding carboxylic acids is 2. The number of benzene rings is 2. The van der Waals surface area contributed by atoms with Gasteiger partial charge in [-0.3, -0.25) is 5.32 Å². The van der Waals surface area contributed by atoms with E-state index in [1.807, 2.05) is 0 Å². The van der Waals surface area contributed by atoms with Crippen LogP contribution >= 0.6 is 0 Å². The Morgan fingerprint density at radius 2 is 1.14 bits per heavy atom. The number of anilines is 1. The van der Waals surface area contributed by atoms with E-state index in [0.717, 1.165) is 0 Å². The van der Waals surface area contributed by atoms with Gasteiger partial charge in [-0.1, -0.05) is 64.5 Å². The number of rotatable bonds is 25. The summed E-state index contributed by atoms with van der Waals surface area (Å²) in [5, 5.41) is 2.59. The monoisotopic (exact) mass is 1040 g/mol. The molecule has 1 N–H and O–H groups in total. The van der Waals surface area contributed by atoms with Crippen molar-refractivity contribution in [3.8, 4) is 11.5 Å². The minimum Gasteiger partial charge on any atom is -0.497 e. The van der Waals surface area contributed by atoms with E-state index < -0.39 is 117 Å². The van der Waals surface area contributed by atoms with Crippen molar-refractivity contribution in [1.29, 1.82) is 0 Å². The maximum atomic E-state index is 15.0. The van der Waals surface area contributed by atoms with Crippen LogP contribution in [-0.4, -0.2) is 94.9 Å². The summed E-state index contributed by atoms with van der Waals surface area (Å²) in [7, 11) is -2.58. The highest BCUT2D eigenvalue weighted by molar-refractivity contribution is 6.76. The third-order valence-electron chi connectivity index (χ3n) is 11.1. The molecule has 0 unspecified atom stereocenters. The highest BCUT2D eigenvalue weighted by Crippen LogP contribution is 2.64. The lowest BCUT2D eigenvalue weighted by molar-refractivity contribution is -0.461. The number of allylic oxidation sites excluding steroid dienone is 2. The molecular formula is C43H50F17NO7Si. The third kappa shape index (κ3) is 12.8. The molecular weight excluding hydrogens is 994 g/mol. The van der Waals surface area contributed by atoms with Crippen LogP contribution in [-0.2, 0) is 18.7 Å². The maximum Gasteiger partial charge on any atom is 0.460 e. The van der Waals surface area contributed by atoms with Crippen molar-refractivity contribution in [2.24, 2.45) is 5.92 Å². The number of amides is 1. The molecule has 0 spiro atoms. The molecule has 69 heavy (non-hydrogen) atoms. The lowest BCUT2D eigenvalue weighted by Gasteiger charge is -2.44. The van der Waals surface area contributed by atoms with E-state index >= 15 is 8.78 Å². The number of hydrogen-bond acceptors (Lipinski definition) is 7. The minimum absolute atomic E-state index is 0.118.